The van der Waals surface area contributed by atoms with E-state index in [2.05, 4.69) is 35.1 Å². The van der Waals surface area contributed by atoms with Crippen molar-refractivity contribution in [2.75, 3.05) is 5.32 Å². The molecule has 0 amide bonds. The number of anilines is 1. The monoisotopic (exact) mass is 317 g/mol. The van der Waals surface area contributed by atoms with Crippen LogP contribution in [0.3, 0.4) is 0 Å². The van der Waals surface area contributed by atoms with Gasteiger partial charge in [-0.15, -0.1) is 0 Å². The molecule has 1 aromatic rings. The third-order valence-corrected chi connectivity index (χ3v) is 4.32. The maximum Gasteiger partial charge on any atom is 0.150 e. The van der Waals surface area contributed by atoms with Crippen LogP contribution in [0.5, 0.6) is 0 Å². The summed E-state index contributed by atoms with van der Waals surface area (Å²) in [6, 6.07) is 2.48. The minimum Gasteiger partial charge on any atom is -0.379 e. The third kappa shape index (κ3) is 3.22. The van der Waals surface area contributed by atoms with Crippen molar-refractivity contribution in [2.24, 2.45) is 5.41 Å². The first-order valence-electron chi connectivity index (χ1n) is 6.28. The van der Waals surface area contributed by atoms with Crippen LogP contribution >= 0.6 is 15.9 Å². The fraction of sp³-hybridized carbons (Fsp3) is 0.571. The summed E-state index contributed by atoms with van der Waals surface area (Å²) >= 11 is 3.20. The van der Waals surface area contributed by atoms with Crippen molar-refractivity contribution in [3.8, 4) is 0 Å². The standard InChI is InChI=1S/C14H18BrF2N/c1-14(2)5-3-10(4-6-14)18-13-11(15)7-9(16)8-12(13)17/h7-8,10,18H,3-6H2,1-2H3. The van der Waals surface area contributed by atoms with Crippen molar-refractivity contribution in [2.45, 2.75) is 45.6 Å². The molecule has 1 fully saturated rings. The van der Waals surface area contributed by atoms with Gasteiger partial charge in [0.1, 0.15) is 11.6 Å². The Morgan fingerprint density at radius 1 is 1.22 bits per heavy atom. The van der Waals surface area contributed by atoms with E-state index in [1.807, 2.05) is 0 Å². The summed E-state index contributed by atoms with van der Waals surface area (Å²) in [6.07, 6.45) is 4.31. The lowest BCUT2D eigenvalue weighted by Gasteiger charge is -2.35. The van der Waals surface area contributed by atoms with E-state index in [1.54, 1.807) is 0 Å². The number of hydrogen-bond acceptors (Lipinski definition) is 1. The largest absolute Gasteiger partial charge is 0.379 e. The van der Waals surface area contributed by atoms with Crippen LogP contribution in [0.1, 0.15) is 39.5 Å². The van der Waals surface area contributed by atoms with Gasteiger partial charge in [-0.2, -0.15) is 0 Å². The van der Waals surface area contributed by atoms with E-state index in [9.17, 15) is 8.78 Å². The molecule has 1 aliphatic rings. The van der Waals surface area contributed by atoms with Gasteiger partial charge in [0, 0.05) is 16.6 Å². The van der Waals surface area contributed by atoms with Crippen LogP contribution < -0.4 is 5.32 Å². The number of rotatable bonds is 2. The summed E-state index contributed by atoms with van der Waals surface area (Å²) in [6.45, 7) is 4.52. The van der Waals surface area contributed by atoms with Crippen LogP contribution in [0.25, 0.3) is 0 Å². The fourth-order valence-electron chi connectivity index (χ4n) is 2.43. The SMILES string of the molecule is CC1(C)CCC(Nc2c(F)cc(F)cc2Br)CC1. The highest BCUT2D eigenvalue weighted by Gasteiger charge is 2.27. The smallest absolute Gasteiger partial charge is 0.150 e. The molecule has 1 saturated carbocycles. The molecule has 100 valence electrons. The van der Waals surface area contributed by atoms with E-state index in [0.29, 0.717) is 15.6 Å². The summed E-state index contributed by atoms with van der Waals surface area (Å²) in [5.41, 5.74) is 0.762. The van der Waals surface area contributed by atoms with E-state index < -0.39 is 11.6 Å². The van der Waals surface area contributed by atoms with Crippen LogP contribution in [0.2, 0.25) is 0 Å². The van der Waals surface area contributed by atoms with Gasteiger partial charge < -0.3 is 5.32 Å². The van der Waals surface area contributed by atoms with Gasteiger partial charge in [-0.25, -0.2) is 8.78 Å². The highest BCUT2D eigenvalue weighted by Crippen LogP contribution is 2.37. The van der Waals surface area contributed by atoms with Crippen LogP contribution in [-0.2, 0) is 0 Å². The molecule has 0 saturated heterocycles. The molecule has 0 radical (unpaired) electrons. The Morgan fingerprint density at radius 3 is 2.39 bits per heavy atom. The summed E-state index contributed by atoms with van der Waals surface area (Å²) < 4.78 is 27.1. The first kappa shape index (κ1) is 13.8. The first-order chi connectivity index (χ1) is 8.37. The fourth-order valence-corrected chi connectivity index (χ4v) is 2.95. The first-order valence-corrected chi connectivity index (χ1v) is 7.08. The normalized spacial score (nSPS) is 19.8. The molecule has 1 aromatic carbocycles. The van der Waals surface area contributed by atoms with Gasteiger partial charge in [0.2, 0.25) is 0 Å². The number of hydrogen-bond donors (Lipinski definition) is 1. The highest BCUT2D eigenvalue weighted by molar-refractivity contribution is 9.10. The second-order valence-electron chi connectivity index (χ2n) is 5.83. The zero-order chi connectivity index (χ0) is 13.3. The van der Waals surface area contributed by atoms with E-state index in [4.69, 9.17) is 0 Å². The van der Waals surface area contributed by atoms with Crippen LogP contribution in [0, 0.1) is 17.0 Å². The zero-order valence-corrected chi connectivity index (χ0v) is 12.3. The van der Waals surface area contributed by atoms with Gasteiger partial charge in [0.25, 0.3) is 0 Å². The average molecular weight is 318 g/mol. The Labute approximate surface area is 115 Å². The maximum absolute atomic E-state index is 13.7. The van der Waals surface area contributed by atoms with Gasteiger partial charge in [-0.1, -0.05) is 13.8 Å². The maximum atomic E-state index is 13.7. The lowest BCUT2D eigenvalue weighted by atomic mass is 9.75. The predicted molar refractivity (Wildman–Crippen MR) is 73.7 cm³/mol. The molecule has 0 spiro atoms. The highest BCUT2D eigenvalue weighted by atomic mass is 79.9. The molecule has 0 heterocycles. The van der Waals surface area contributed by atoms with Gasteiger partial charge in [-0.05, 0) is 53.1 Å². The van der Waals surface area contributed by atoms with Gasteiger partial charge >= 0.3 is 0 Å². The molecule has 2 rings (SSSR count). The summed E-state index contributed by atoms with van der Waals surface area (Å²) in [5, 5.41) is 3.19. The molecule has 1 nitrogen and oxygen atoms in total. The zero-order valence-electron chi connectivity index (χ0n) is 10.7. The lowest BCUT2D eigenvalue weighted by Crippen LogP contribution is -2.30. The second-order valence-corrected chi connectivity index (χ2v) is 6.68. The van der Waals surface area contributed by atoms with Crippen molar-refractivity contribution in [3.05, 3.63) is 28.2 Å². The molecule has 1 aliphatic carbocycles. The van der Waals surface area contributed by atoms with E-state index in [-0.39, 0.29) is 6.04 Å². The van der Waals surface area contributed by atoms with E-state index in [1.165, 1.54) is 6.07 Å². The Bertz CT molecular complexity index is 412. The molecular weight excluding hydrogens is 300 g/mol. The number of halogens is 3. The van der Waals surface area contributed by atoms with Crippen molar-refractivity contribution in [1.82, 2.24) is 0 Å². The molecule has 0 aromatic heterocycles. The predicted octanol–water partition coefficient (Wildman–Crippen LogP) is 5.11. The Hall–Kier alpha value is -0.640. The van der Waals surface area contributed by atoms with E-state index in [0.717, 1.165) is 31.7 Å². The summed E-state index contributed by atoms with van der Waals surface area (Å²) in [4.78, 5) is 0. The average Bonchev–Trinajstić information content (AvgIpc) is 2.25. The molecule has 0 atom stereocenters. The minimum absolute atomic E-state index is 0.272. The van der Waals surface area contributed by atoms with Gasteiger partial charge in [0.05, 0.1) is 5.69 Å². The van der Waals surface area contributed by atoms with Crippen molar-refractivity contribution < 1.29 is 8.78 Å². The Morgan fingerprint density at radius 2 is 1.83 bits per heavy atom. The van der Waals surface area contributed by atoms with Gasteiger partial charge in [-0.3, -0.25) is 0 Å². The lowest BCUT2D eigenvalue weighted by molar-refractivity contribution is 0.232. The Kier molecular flexibility index (Phi) is 3.95. The third-order valence-electron chi connectivity index (χ3n) is 3.69. The second kappa shape index (κ2) is 5.16. The van der Waals surface area contributed by atoms with Crippen LogP contribution in [-0.4, -0.2) is 6.04 Å². The molecule has 0 bridgehead atoms. The van der Waals surface area contributed by atoms with Crippen molar-refractivity contribution >= 4 is 21.6 Å². The van der Waals surface area contributed by atoms with Crippen molar-refractivity contribution in [1.29, 1.82) is 0 Å². The van der Waals surface area contributed by atoms with Gasteiger partial charge in [0.15, 0.2) is 0 Å². The van der Waals surface area contributed by atoms with Crippen molar-refractivity contribution in [3.63, 3.8) is 0 Å². The Balaban J connectivity index is 2.07. The number of nitrogens with one attached hydrogen (secondary N) is 1. The number of benzene rings is 1. The summed E-state index contributed by atoms with van der Waals surface area (Å²) in [5.74, 6) is -1.10. The molecule has 4 heteroatoms. The molecule has 0 unspecified atom stereocenters. The van der Waals surface area contributed by atoms with Crippen LogP contribution in [0.15, 0.2) is 16.6 Å². The quantitative estimate of drug-likeness (QED) is 0.799. The topological polar surface area (TPSA) is 12.0 Å². The minimum atomic E-state index is -0.560. The molecular formula is C14H18BrF2N. The molecule has 0 aliphatic heterocycles. The van der Waals surface area contributed by atoms with E-state index >= 15 is 0 Å². The van der Waals surface area contributed by atoms with Crippen LogP contribution in [0.4, 0.5) is 14.5 Å². The molecule has 1 N–H and O–H groups in total. The summed E-state index contributed by atoms with van der Waals surface area (Å²) in [7, 11) is 0. The molecule has 18 heavy (non-hydrogen) atoms.